The Kier molecular flexibility index (Phi) is 7.11. The largest absolute Gasteiger partial charge is 0.343 e. The van der Waals surface area contributed by atoms with Crippen molar-refractivity contribution in [3.8, 4) is 0 Å². The van der Waals surface area contributed by atoms with Crippen LogP contribution >= 0.6 is 0 Å². The normalized spacial score (nSPS) is 20.9. The Balaban J connectivity index is 1.73. The second-order valence-corrected chi connectivity index (χ2v) is 6.37. The van der Waals surface area contributed by atoms with Gasteiger partial charge in [0.15, 0.2) is 0 Å². The molecule has 2 rings (SSSR count). The van der Waals surface area contributed by atoms with Gasteiger partial charge in [-0.3, -0.25) is 9.59 Å². The van der Waals surface area contributed by atoms with Crippen LogP contribution in [0.2, 0.25) is 0 Å². The van der Waals surface area contributed by atoms with Crippen LogP contribution in [0.25, 0.3) is 0 Å². The number of carbonyl (C=O) groups is 2. The SMILES string of the molecule is CCCCCCCC[C@H]1NC(=O)[C@@H](Cc2ccccc2)NC1=O. The van der Waals surface area contributed by atoms with Gasteiger partial charge in [-0.2, -0.15) is 0 Å². The van der Waals surface area contributed by atoms with Crippen LogP contribution in [-0.2, 0) is 16.0 Å². The molecule has 2 N–H and O–H groups in total. The molecule has 126 valence electrons. The summed E-state index contributed by atoms with van der Waals surface area (Å²) in [6.45, 7) is 2.20. The second kappa shape index (κ2) is 9.33. The maximum atomic E-state index is 12.2. The first kappa shape index (κ1) is 17.5. The molecule has 1 aliphatic heterocycles. The molecule has 0 spiro atoms. The van der Waals surface area contributed by atoms with E-state index < -0.39 is 6.04 Å². The summed E-state index contributed by atoms with van der Waals surface area (Å²) in [4.78, 5) is 24.4. The summed E-state index contributed by atoms with van der Waals surface area (Å²) in [5.74, 6) is -0.108. The van der Waals surface area contributed by atoms with E-state index in [-0.39, 0.29) is 17.9 Å². The third kappa shape index (κ3) is 5.70. The molecule has 4 nitrogen and oxygen atoms in total. The van der Waals surface area contributed by atoms with Crippen molar-refractivity contribution in [2.45, 2.75) is 70.4 Å². The zero-order chi connectivity index (χ0) is 16.5. The molecule has 0 aromatic heterocycles. The molecule has 1 aliphatic rings. The lowest BCUT2D eigenvalue weighted by atomic mass is 9.99. The van der Waals surface area contributed by atoms with Crippen molar-refractivity contribution in [2.75, 3.05) is 0 Å². The lowest BCUT2D eigenvalue weighted by molar-refractivity contribution is -0.136. The predicted octanol–water partition coefficient (Wildman–Crippen LogP) is 2.96. The molecule has 1 fully saturated rings. The van der Waals surface area contributed by atoms with Gasteiger partial charge in [0.2, 0.25) is 11.8 Å². The molecule has 0 saturated carbocycles. The van der Waals surface area contributed by atoms with Crippen LogP contribution in [0.15, 0.2) is 30.3 Å². The van der Waals surface area contributed by atoms with Crippen LogP contribution in [0.4, 0.5) is 0 Å². The van der Waals surface area contributed by atoms with Crippen molar-refractivity contribution in [3.05, 3.63) is 35.9 Å². The fraction of sp³-hybridized carbons (Fsp3) is 0.579. The molecule has 0 aliphatic carbocycles. The Hall–Kier alpha value is -1.84. The predicted molar refractivity (Wildman–Crippen MR) is 92.0 cm³/mol. The summed E-state index contributed by atoms with van der Waals surface area (Å²) < 4.78 is 0. The topological polar surface area (TPSA) is 58.2 Å². The van der Waals surface area contributed by atoms with Crippen molar-refractivity contribution in [3.63, 3.8) is 0 Å². The van der Waals surface area contributed by atoms with E-state index >= 15 is 0 Å². The van der Waals surface area contributed by atoms with Gasteiger partial charge < -0.3 is 10.6 Å². The van der Waals surface area contributed by atoms with Crippen LogP contribution in [0.5, 0.6) is 0 Å². The average Bonchev–Trinajstić information content (AvgIpc) is 2.56. The van der Waals surface area contributed by atoms with E-state index in [1.165, 1.54) is 25.7 Å². The van der Waals surface area contributed by atoms with Crippen LogP contribution in [0, 0.1) is 0 Å². The van der Waals surface area contributed by atoms with Crippen LogP contribution in [0.1, 0.15) is 57.4 Å². The highest BCUT2D eigenvalue weighted by molar-refractivity contribution is 5.97. The number of benzene rings is 1. The summed E-state index contributed by atoms with van der Waals surface area (Å²) in [6, 6.07) is 8.97. The fourth-order valence-corrected chi connectivity index (χ4v) is 3.00. The Bertz CT molecular complexity index is 501. The number of hydrogen-bond donors (Lipinski definition) is 2. The number of hydrogen-bond acceptors (Lipinski definition) is 2. The Morgan fingerprint density at radius 1 is 0.826 bits per heavy atom. The van der Waals surface area contributed by atoms with Crippen LogP contribution < -0.4 is 10.6 Å². The van der Waals surface area contributed by atoms with Gasteiger partial charge in [0, 0.05) is 6.42 Å². The molecular weight excluding hydrogens is 288 g/mol. The number of unbranched alkanes of at least 4 members (excludes halogenated alkanes) is 5. The van der Waals surface area contributed by atoms with Crippen molar-refractivity contribution in [1.82, 2.24) is 10.6 Å². The number of carbonyl (C=O) groups excluding carboxylic acids is 2. The van der Waals surface area contributed by atoms with E-state index in [2.05, 4.69) is 17.6 Å². The van der Waals surface area contributed by atoms with Gasteiger partial charge >= 0.3 is 0 Å². The van der Waals surface area contributed by atoms with E-state index in [1.807, 2.05) is 30.3 Å². The van der Waals surface area contributed by atoms with Gasteiger partial charge in [-0.15, -0.1) is 0 Å². The standard InChI is InChI=1S/C19H28N2O2/c1-2-3-4-5-6-10-13-16-18(22)21-17(19(23)20-16)14-15-11-8-7-9-12-15/h7-9,11-12,16-17H,2-6,10,13-14H2,1H3,(H,20,23)(H,21,22)/t16-,17-/m1/s1. The van der Waals surface area contributed by atoms with Gasteiger partial charge in [-0.1, -0.05) is 75.8 Å². The number of rotatable bonds is 9. The van der Waals surface area contributed by atoms with Crippen molar-refractivity contribution in [2.24, 2.45) is 0 Å². The summed E-state index contributed by atoms with van der Waals surface area (Å²) in [6.07, 6.45) is 8.40. The van der Waals surface area contributed by atoms with Crippen LogP contribution in [0.3, 0.4) is 0 Å². The molecule has 2 amide bonds. The minimum Gasteiger partial charge on any atom is -0.343 e. The maximum Gasteiger partial charge on any atom is 0.243 e. The minimum absolute atomic E-state index is 0.0425. The Morgan fingerprint density at radius 2 is 1.43 bits per heavy atom. The van der Waals surface area contributed by atoms with Gasteiger partial charge in [0.05, 0.1) is 0 Å². The average molecular weight is 316 g/mol. The van der Waals surface area contributed by atoms with Crippen molar-refractivity contribution >= 4 is 11.8 Å². The van der Waals surface area contributed by atoms with Gasteiger partial charge in [-0.05, 0) is 12.0 Å². The van der Waals surface area contributed by atoms with Crippen LogP contribution in [-0.4, -0.2) is 23.9 Å². The molecule has 23 heavy (non-hydrogen) atoms. The van der Waals surface area contributed by atoms with Crippen molar-refractivity contribution in [1.29, 1.82) is 0 Å². The van der Waals surface area contributed by atoms with E-state index in [0.29, 0.717) is 6.42 Å². The fourth-order valence-electron chi connectivity index (χ4n) is 3.00. The lowest BCUT2D eigenvalue weighted by Gasteiger charge is -2.29. The molecule has 0 radical (unpaired) electrons. The molecule has 1 heterocycles. The van der Waals surface area contributed by atoms with Gasteiger partial charge in [-0.25, -0.2) is 0 Å². The Morgan fingerprint density at radius 3 is 2.17 bits per heavy atom. The highest BCUT2D eigenvalue weighted by Crippen LogP contribution is 2.12. The minimum atomic E-state index is -0.453. The molecule has 0 unspecified atom stereocenters. The highest BCUT2D eigenvalue weighted by atomic mass is 16.2. The number of nitrogens with one attached hydrogen (secondary N) is 2. The Labute approximate surface area is 139 Å². The molecule has 1 saturated heterocycles. The summed E-state index contributed by atoms with van der Waals surface area (Å²) in [5.41, 5.74) is 1.06. The zero-order valence-electron chi connectivity index (χ0n) is 14.0. The monoisotopic (exact) mass is 316 g/mol. The third-order valence-corrected chi connectivity index (χ3v) is 4.39. The molecule has 4 heteroatoms. The number of piperazine rings is 1. The highest BCUT2D eigenvalue weighted by Gasteiger charge is 2.32. The molecule has 0 bridgehead atoms. The molecule has 1 aromatic carbocycles. The van der Waals surface area contributed by atoms with Crippen molar-refractivity contribution < 1.29 is 9.59 Å². The smallest absolute Gasteiger partial charge is 0.243 e. The summed E-state index contributed by atoms with van der Waals surface area (Å²) in [5, 5.41) is 5.76. The summed E-state index contributed by atoms with van der Waals surface area (Å²) >= 11 is 0. The van der Waals surface area contributed by atoms with E-state index in [9.17, 15) is 9.59 Å². The first-order chi connectivity index (χ1) is 11.2. The van der Waals surface area contributed by atoms with E-state index in [1.54, 1.807) is 0 Å². The quantitative estimate of drug-likeness (QED) is 0.688. The van der Waals surface area contributed by atoms with Gasteiger partial charge in [0.1, 0.15) is 12.1 Å². The van der Waals surface area contributed by atoms with E-state index in [0.717, 1.165) is 24.8 Å². The van der Waals surface area contributed by atoms with Gasteiger partial charge in [0.25, 0.3) is 0 Å². The first-order valence-corrected chi connectivity index (χ1v) is 8.85. The summed E-state index contributed by atoms with van der Waals surface area (Å²) in [7, 11) is 0. The first-order valence-electron chi connectivity index (χ1n) is 8.85. The van der Waals surface area contributed by atoms with E-state index in [4.69, 9.17) is 0 Å². The molecule has 2 atom stereocenters. The molecule has 1 aromatic rings. The zero-order valence-corrected chi connectivity index (χ0v) is 14.0. The second-order valence-electron chi connectivity index (χ2n) is 6.37. The lowest BCUT2D eigenvalue weighted by Crippen LogP contribution is -2.62. The molecular formula is C19H28N2O2. The third-order valence-electron chi connectivity index (χ3n) is 4.39. The maximum absolute atomic E-state index is 12.2. The number of amides is 2.